The molecule has 1 amide bonds. The first-order chi connectivity index (χ1) is 12.0. The number of amides is 1. The van der Waals surface area contributed by atoms with Crippen LogP contribution in [0.1, 0.15) is 30.0 Å². The summed E-state index contributed by atoms with van der Waals surface area (Å²) in [5, 5.41) is 5.46. The standard InChI is InChI=1S/C21H24N2O2/c1-15-8-11-20(25-15)13-23(3)14-21(24)22-16(2)18-10-9-17-6-4-5-7-19(17)12-18/h4-12,16H,13-14H2,1-3H3,(H,22,24). The normalized spacial score (nSPS) is 12.5. The number of nitrogens with one attached hydrogen (secondary N) is 1. The molecule has 1 aromatic heterocycles. The number of aryl methyl sites for hydroxylation is 1. The van der Waals surface area contributed by atoms with Gasteiger partial charge in [0.25, 0.3) is 0 Å². The minimum absolute atomic E-state index is 0.00596. The van der Waals surface area contributed by atoms with Crippen LogP contribution in [-0.4, -0.2) is 24.4 Å². The fourth-order valence-corrected chi connectivity index (χ4v) is 2.98. The Balaban J connectivity index is 1.57. The molecule has 0 aliphatic heterocycles. The number of carbonyl (C=O) groups is 1. The minimum Gasteiger partial charge on any atom is -0.465 e. The van der Waals surface area contributed by atoms with Gasteiger partial charge in [-0.2, -0.15) is 0 Å². The average Bonchev–Trinajstić information content (AvgIpc) is 2.98. The third-order valence-corrected chi connectivity index (χ3v) is 4.29. The first-order valence-electron chi connectivity index (χ1n) is 8.53. The van der Waals surface area contributed by atoms with Gasteiger partial charge in [0.05, 0.1) is 19.1 Å². The molecular formula is C21H24N2O2. The van der Waals surface area contributed by atoms with Crippen LogP contribution in [0, 0.1) is 6.92 Å². The van der Waals surface area contributed by atoms with Crippen LogP contribution in [0.5, 0.6) is 0 Å². The second-order valence-corrected chi connectivity index (χ2v) is 6.58. The maximum atomic E-state index is 12.3. The summed E-state index contributed by atoms with van der Waals surface area (Å²) in [6.45, 7) is 4.88. The Bertz CT molecular complexity index is 869. The van der Waals surface area contributed by atoms with E-state index < -0.39 is 0 Å². The summed E-state index contributed by atoms with van der Waals surface area (Å²) >= 11 is 0. The van der Waals surface area contributed by atoms with E-state index in [0.29, 0.717) is 13.1 Å². The van der Waals surface area contributed by atoms with Crippen molar-refractivity contribution in [2.75, 3.05) is 13.6 Å². The van der Waals surface area contributed by atoms with E-state index in [-0.39, 0.29) is 11.9 Å². The minimum atomic E-state index is -0.0311. The molecule has 0 aliphatic rings. The lowest BCUT2D eigenvalue weighted by atomic mass is 10.0. The first kappa shape index (κ1) is 17.2. The maximum absolute atomic E-state index is 12.3. The van der Waals surface area contributed by atoms with E-state index in [4.69, 9.17) is 4.42 Å². The van der Waals surface area contributed by atoms with Gasteiger partial charge in [-0.15, -0.1) is 0 Å². The molecule has 1 atom stereocenters. The molecule has 1 N–H and O–H groups in total. The molecular weight excluding hydrogens is 312 g/mol. The number of hydrogen-bond acceptors (Lipinski definition) is 3. The quantitative estimate of drug-likeness (QED) is 0.738. The predicted molar refractivity (Wildman–Crippen MR) is 100 cm³/mol. The molecule has 3 aromatic rings. The summed E-state index contributed by atoms with van der Waals surface area (Å²) in [5.74, 6) is 1.76. The number of hydrogen-bond donors (Lipinski definition) is 1. The smallest absolute Gasteiger partial charge is 0.234 e. The molecule has 0 fully saturated rings. The molecule has 130 valence electrons. The fourth-order valence-electron chi connectivity index (χ4n) is 2.98. The Hall–Kier alpha value is -2.59. The van der Waals surface area contributed by atoms with Crippen LogP contribution in [0.15, 0.2) is 59.0 Å². The molecule has 0 aliphatic carbocycles. The monoisotopic (exact) mass is 336 g/mol. The lowest BCUT2D eigenvalue weighted by Crippen LogP contribution is -2.36. The predicted octanol–water partition coefficient (Wildman–Crippen LogP) is 4.05. The Morgan fingerprint density at radius 1 is 1.12 bits per heavy atom. The molecule has 3 rings (SSSR count). The van der Waals surface area contributed by atoms with Crippen molar-refractivity contribution in [2.24, 2.45) is 0 Å². The molecule has 0 bridgehead atoms. The van der Waals surface area contributed by atoms with Crippen molar-refractivity contribution in [3.05, 3.63) is 71.7 Å². The van der Waals surface area contributed by atoms with Crippen molar-refractivity contribution in [3.63, 3.8) is 0 Å². The van der Waals surface area contributed by atoms with Gasteiger partial charge in [-0.05, 0) is 55.4 Å². The SMILES string of the molecule is Cc1ccc(CN(C)CC(=O)NC(C)c2ccc3ccccc3c2)o1. The topological polar surface area (TPSA) is 45.5 Å². The van der Waals surface area contributed by atoms with Gasteiger partial charge in [0, 0.05) is 0 Å². The summed E-state index contributed by atoms with van der Waals surface area (Å²) in [6, 6.07) is 18.4. The van der Waals surface area contributed by atoms with Crippen LogP contribution in [0.25, 0.3) is 10.8 Å². The molecule has 1 heterocycles. The Morgan fingerprint density at radius 3 is 2.60 bits per heavy atom. The lowest BCUT2D eigenvalue weighted by Gasteiger charge is -2.19. The van der Waals surface area contributed by atoms with Crippen molar-refractivity contribution in [1.29, 1.82) is 0 Å². The zero-order valence-corrected chi connectivity index (χ0v) is 15.0. The zero-order chi connectivity index (χ0) is 17.8. The number of furan rings is 1. The number of benzene rings is 2. The number of carbonyl (C=O) groups excluding carboxylic acids is 1. The van der Waals surface area contributed by atoms with Gasteiger partial charge in [-0.1, -0.05) is 36.4 Å². The van der Waals surface area contributed by atoms with Crippen molar-refractivity contribution in [3.8, 4) is 0 Å². The highest BCUT2D eigenvalue weighted by atomic mass is 16.3. The van der Waals surface area contributed by atoms with Crippen LogP contribution < -0.4 is 5.32 Å². The van der Waals surface area contributed by atoms with Gasteiger partial charge in [-0.3, -0.25) is 9.69 Å². The fraction of sp³-hybridized carbons (Fsp3) is 0.286. The number of nitrogens with zero attached hydrogens (tertiary/aromatic N) is 1. The van der Waals surface area contributed by atoms with Crippen LogP contribution in [0.3, 0.4) is 0 Å². The third-order valence-electron chi connectivity index (χ3n) is 4.29. The van der Waals surface area contributed by atoms with Gasteiger partial charge < -0.3 is 9.73 Å². The van der Waals surface area contributed by atoms with Crippen LogP contribution >= 0.6 is 0 Å². The van der Waals surface area contributed by atoms with Gasteiger partial charge in [0.2, 0.25) is 5.91 Å². The molecule has 25 heavy (non-hydrogen) atoms. The van der Waals surface area contributed by atoms with E-state index in [2.05, 4.69) is 35.6 Å². The zero-order valence-electron chi connectivity index (χ0n) is 15.0. The summed E-state index contributed by atoms with van der Waals surface area (Å²) in [5.41, 5.74) is 1.11. The summed E-state index contributed by atoms with van der Waals surface area (Å²) in [4.78, 5) is 14.3. The summed E-state index contributed by atoms with van der Waals surface area (Å²) < 4.78 is 5.55. The highest BCUT2D eigenvalue weighted by Gasteiger charge is 2.13. The van der Waals surface area contributed by atoms with Gasteiger partial charge in [-0.25, -0.2) is 0 Å². The van der Waals surface area contributed by atoms with Gasteiger partial charge in [0.15, 0.2) is 0 Å². The second-order valence-electron chi connectivity index (χ2n) is 6.58. The summed E-state index contributed by atoms with van der Waals surface area (Å²) in [7, 11) is 1.91. The number of rotatable bonds is 6. The van der Waals surface area contributed by atoms with Crippen LogP contribution in [0.4, 0.5) is 0 Å². The van der Waals surface area contributed by atoms with Crippen molar-refractivity contribution in [2.45, 2.75) is 26.4 Å². The number of likely N-dealkylation sites (N-methyl/N-ethyl adjacent to an activating group) is 1. The Kier molecular flexibility index (Phi) is 5.19. The Morgan fingerprint density at radius 2 is 1.88 bits per heavy atom. The third kappa shape index (κ3) is 4.48. The number of fused-ring (bicyclic) bond motifs is 1. The lowest BCUT2D eigenvalue weighted by molar-refractivity contribution is -0.122. The van der Waals surface area contributed by atoms with Crippen molar-refractivity contribution < 1.29 is 9.21 Å². The largest absolute Gasteiger partial charge is 0.465 e. The molecule has 0 spiro atoms. The van der Waals surface area contributed by atoms with Gasteiger partial charge >= 0.3 is 0 Å². The molecule has 0 saturated heterocycles. The molecule has 4 nitrogen and oxygen atoms in total. The van der Waals surface area contributed by atoms with Crippen molar-refractivity contribution >= 4 is 16.7 Å². The van der Waals surface area contributed by atoms with E-state index in [0.717, 1.165) is 17.1 Å². The summed E-state index contributed by atoms with van der Waals surface area (Å²) in [6.07, 6.45) is 0. The molecule has 2 aromatic carbocycles. The Labute approximate surface area is 148 Å². The first-order valence-corrected chi connectivity index (χ1v) is 8.53. The molecule has 1 unspecified atom stereocenters. The average molecular weight is 336 g/mol. The van der Waals surface area contributed by atoms with Gasteiger partial charge in [0.1, 0.15) is 11.5 Å². The van der Waals surface area contributed by atoms with Crippen molar-refractivity contribution in [1.82, 2.24) is 10.2 Å². The molecule has 0 radical (unpaired) electrons. The van der Waals surface area contributed by atoms with Crippen LogP contribution in [0.2, 0.25) is 0 Å². The second kappa shape index (κ2) is 7.53. The molecule has 4 heteroatoms. The highest BCUT2D eigenvalue weighted by Crippen LogP contribution is 2.20. The maximum Gasteiger partial charge on any atom is 0.234 e. The van der Waals surface area contributed by atoms with E-state index >= 15 is 0 Å². The van der Waals surface area contributed by atoms with E-state index in [1.165, 1.54) is 10.8 Å². The van der Waals surface area contributed by atoms with E-state index in [9.17, 15) is 4.79 Å². The highest BCUT2D eigenvalue weighted by molar-refractivity contribution is 5.83. The van der Waals surface area contributed by atoms with E-state index in [1.807, 2.05) is 50.1 Å². The van der Waals surface area contributed by atoms with E-state index in [1.54, 1.807) is 0 Å². The molecule has 0 saturated carbocycles. The van der Waals surface area contributed by atoms with Crippen LogP contribution in [-0.2, 0) is 11.3 Å².